The minimum absolute atomic E-state index is 0.647. The fourth-order valence-corrected chi connectivity index (χ4v) is 5.93. The molecule has 0 amide bonds. The average Bonchev–Trinajstić information content (AvgIpc) is 3.37. The Kier molecular flexibility index (Phi) is 3.58. The van der Waals surface area contributed by atoms with Gasteiger partial charge in [-0.3, -0.25) is 4.98 Å². The fourth-order valence-electron chi connectivity index (χ4n) is 4.82. The van der Waals surface area contributed by atoms with Gasteiger partial charge in [0, 0.05) is 17.0 Å². The van der Waals surface area contributed by atoms with Gasteiger partial charge in [0.25, 0.3) is 0 Å². The molecule has 0 aromatic carbocycles. The first kappa shape index (κ1) is 16.6. The molecule has 0 spiro atoms. The van der Waals surface area contributed by atoms with E-state index in [-0.39, 0.29) is 0 Å². The van der Waals surface area contributed by atoms with E-state index in [4.69, 9.17) is 15.1 Å². The van der Waals surface area contributed by atoms with E-state index in [1.807, 2.05) is 35.2 Å². The van der Waals surface area contributed by atoms with Crippen LogP contribution in [0.4, 0.5) is 0 Å². The van der Waals surface area contributed by atoms with E-state index in [2.05, 4.69) is 29.4 Å². The summed E-state index contributed by atoms with van der Waals surface area (Å²) < 4.78 is 1.84. The highest BCUT2D eigenvalue weighted by molar-refractivity contribution is 7.18. The van der Waals surface area contributed by atoms with Crippen molar-refractivity contribution in [2.45, 2.75) is 57.5 Å². The molecule has 6 heterocycles. The number of aryl methyl sites for hydroxylation is 2. The predicted octanol–water partition coefficient (Wildman–Crippen LogP) is 4.02. The summed E-state index contributed by atoms with van der Waals surface area (Å²) in [6.45, 7) is 4.05. The first-order valence-corrected chi connectivity index (χ1v) is 10.8. The predicted molar refractivity (Wildman–Crippen MR) is 111 cm³/mol. The number of imidazole rings is 1. The van der Waals surface area contributed by atoms with E-state index < -0.39 is 0 Å². The Morgan fingerprint density at radius 3 is 2.71 bits per heavy atom. The molecule has 0 saturated carbocycles. The highest BCUT2D eigenvalue weighted by Gasteiger charge is 2.34. The molecule has 1 unspecified atom stereocenters. The minimum atomic E-state index is 0.647. The maximum absolute atomic E-state index is 4.91. The van der Waals surface area contributed by atoms with Gasteiger partial charge in [0.05, 0.1) is 18.1 Å². The number of rotatable bonds is 2. The Balaban J connectivity index is 1.38. The number of nitrogens with zero attached hydrogens (tertiary/aromatic N) is 5. The van der Waals surface area contributed by atoms with Crippen molar-refractivity contribution in [1.29, 1.82) is 0 Å². The number of aromatic nitrogens is 5. The van der Waals surface area contributed by atoms with Crippen LogP contribution in [0.15, 0.2) is 24.5 Å². The smallest absolute Gasteiger partial charge is 0.156 e. The number of hydrogen-bond donors (Lipinski definition) is 1. The molecule has 2 fully saturated rings. The van der Waals surface area contributed by atoms with Crippen LogP contribution < -0.4 is 5.32 Å². The highest BCUT2D eigenvalue weighted by Crippen LogP contribution is 2.41. The van der Waals surface area contributed by atoms with Gasteiger partial charge in [-0.15, -0.1) is 11.3 Å². The van der Waals surface area contributed by atoms with E-state index >= 15 is 0 Å². The first-order chi connectivity index (χ1) is 13.6. The summed E-state index contributed by atoms with van der Waals surface area (Å²) in [7, 11) is 0. The second-order valence-corrected chi connectivity index (χ2v) is 9.33. The van der Waals surface area contributed by atoms with E-state index in [1.165, 1.54) is 30.6 Å². The van der Waals surface area contributed by atoms with Crippen molar-refractivity contribution in [3.05, 3.63) is 40.7 Å². The molecule has 2 saturated heterocycles. The van der Waals surface area contributed by atoms with Gasteiger partial charge in [0.15, 0.2) is 5.65 Å². The molecule has 0 aliphatic carbocycles. The monoisotopic (exact) mass is 390 g/mol. The summed E-state index contributed by atoms with van der Waals surface area (Å²) in [5, 5.41) is 8.44. The van der Waals surface area contributed by atoms with Gasteiger partial charge in [0.2, 0.25) is 0 Å². The molecule has 142 valence electrons. The molecule has 28 heavy (non-hydrogen) atoms. The van der Waals surface area contributed by atoms with Crippen LogP contribution in [0.3, 0.4) is 0 Å². The van der Waals surface area contributed by atoms with Gasteiger partial charge < -0.3 is 5.32 Å². The van der Waals surface area contributed by atoms with Crippen LogP contribution >= 0.6 is 11.3 Å². The lowest BCUT2D eigenvalue weighted by molar-refractivity contribution is 0.366. The third kappa shape index (κ3) is 2.64. The Labute approximate surface area is 167 Å². The van der Waals surface area contributed by atoms with Crippen molar-refractivity contribution in [3.8, 4) is 11.4 Å². The van der Waals surface area contributed by atoms with Gasteiger partial charge in [-0.05, 0) is 63.1 Å². The number of thiophene rings is 1. The van der Waals surface area contributed by atoms with Gasteiger partial charge in [-0.25, -0.2) is 14.5 Å². The van der Waals surface area contributed by atoms with Crippen LogP contribution in [-0.4, -0.2) is 36.6 Å². The lowest BCUT2D eigenvalue weighted by Gasteiger charge is -2.28. The fraction of sp³-hybridized carbons (Fsp3) is 0.429. The van der Waals surface area contributed by atoms with E-state index in [1.54, 1.807) is 0 Å². The number of piperidine rings is 1. The van der Waals surface area contributed by atoms with E-state index in [0.717, 1.165) is 38.6 Å². The zero-order valence-corrected chi connectivity index (χ0v) is 16.8. The van der Waals surface area contributed by atoms with Gasteiger partial charge in [-0.1, -0.05) is 0 Å². The third-order valence-electron chi connectivity index (χ3n) is 6.13. The molecule has 6 nitrogen and oxygen atoms in total. The maximum atomic E-state index is 4.91. The molecule has 2 aliphatic rings. The van der Waals surface area contributed by atoms with Crippen LogP contribution in [0.1, 0.15) is 47.7 Å². The topological polar surface area (TPSA) is 68.0 Å². The third-order valence-corrected chi connectivity index (χ3v) is 7.31. The molecule has 6 rings (SSSR count). The highest BCUT2D eigenvalue weighted by atomic mass is 32.1. The molecule has 2 bridgehead atoms. The zero-order chi connectivity index (χ0) is 18.8. The van der Waals surface area contributed by atoms with Crippen LogP contribution in [0.5, 0.6) is 0 Å². The van der Waals surface area contributed by atoms with Crippen molar-refractivity contribution >= 4 is 27.3 Å². The summed E-state index contributed by atoms with van der Waals surface area (Å²) in [6, 6.07) is 5.70. The Morgan fingerprint density at radius 2 is 1.89 bits per heavy atom. The summed E-state index contributed by atoms with van der Waals surface area (Å²) in [4.78, 5) is 16.6. The molecule has 4 aromatic heterocycles. The Hall–Kier alpha value is -2.38. The number of hydrogen-bond acceptors (Lipinski definition) is 6. The molecular formula is C21H22N6S. The molecular weight excluding hydrogens is 368 g/mol. The van der Waals surface area contributed by atoms with E-state index in [0.29, 0.717) is 18.0 Å². The van der Waals surface area contributed by atoms with E-state index in [9.17, 15) is 0 Å². The van der Waals surface area contributed by atoms with Crippen molar-refractivity contribution in [1.82, 2.24) is 29.9 Å². The molecule has 4 aromatic rings. The number of fused-ring (bicyclic) bond motifs is 4. The van der Waals surface area contributed by atoms with Crippen molar-refractivity contribution < 1.29 is 0 Å². The largest absolute Gasteiger partial charge is 0.311 e. The lowest BCUT2D eigenvalue weighted by Crippen LogP contribution is -2.36. The molecule has 0 radical (unpaired) electrons. The van der Waals surface area contributed by atoms with Crippen LogP contribution in [-0.2, 0) is 0 Å². The van der Waals surface area contributed by atoms with Gasteiger partial charge >= 0.3 is 0 Å². The quantitative estimate of drug-likeness (QED) is 0.560. The lowest BCUT2D eigenvalue weighted by atomic mass is 9.91. The Bertz CT molecular complexity index is 1200. The molecule has 1 N–H and O–H groups in total. The number of nitrogens with one attached hydrogen (secondary N) is 1. The Morgan fingerprint density at radius 1 is 1.07 bits per heavy atom. The maximum Gasteiger partial charge on any atom is 0.156 e. The van der Waals surface area contributed by atoms with Crippen molar-refractivity contribution in [2.24, 2.45) is 0 Å². The van der Waals surface area contributed by atoms with Crippen LogP contribution in [0, 0.1) is 13.8 Å². The van der Waals surface area contributed by atoms with Gasteiger partial charge in [0.1, 0.15) is 21.7 Å². The zero-order valence-electron chi connectivity index (χ0n) is 16.0. The van der Waals surface area contributed by atoms with Crippen molar-refractivity contribution in [2.75, 3.05) is 0 Å². The summed E-state index contributed by atoms with van der Waals surface area (Å²) in [5.74, 6) is 0.647. The van der Waals surface area contributed by atoms with Crippen LogP contribution in [0.25, 0.3) is 27.4 Å². The summed E-state index contributed by atoms with van der Waals surface area (Å²) >= 11 is 1.81. The molecule has 3 atom stereocenters. The van der Waals surface area contributed by atoms with Crippen molar-refractivity contribution in [3.63, 3.8) is 0 Å². The van der Waals surface area contributed by atoms with Crippen LogP contribution in [0.2, 0.25) is 0 Å². The first-order valence-electron chi connectivity index (χ1n) is 9.99. The second kappa shape index (κ2) is 6.06. The standard InChI is InChI=1S/C21H22N6S/c1-11-5-16(26-27-10-12(2)23-20(11)27)18-9-22-17-8-19(28-21(17)25-18)13-6-14-3-4-15(7-13)24-14/h5,8-10,13-15,24H,3-4,6-7H2,1-2H3/t13?,14-,15+. The summed E-state index contributed by atoms with van der Waals surface area (Å²) in [6.07, 6.45) is 8.94. The molecule has 2 aliphatic heterocycles. The second-order valence-electron chi connectivity index (χ2n) is 8.26. The normalized spacial score (nSPS) is 24.4. The average molecular weight is 391 g/mol. The van der Waals surface area contributed by atoms with Gasteiger partial charge in [-0.2, -0.15) is 5.10 Å². The molecule has 7 heteroatoms. The minimum Gasteiger partial charge on any atom is -0.311 e. The SMILES string of the molecule is Cc1cn2nc(-c3cnc4cc(C5C[C@H]6CC[C@@H](C5)N6)sc4n3)cc(C)c2n1. The summed E-state index contributed by atoms with van der Waals surface area (Å²) in [5.41, 5.74) is 5.62.